The van der Waals surface area contributed by atoms with E-state index in [2.05, 4.69) is 15.3 Å². The number of aromatic nitrogens is 2. The third-order valence-corrected chi connectivity index (χ3v) is 3.32. The summed E-state index contributed by atoms with van der Waals surface area (Å²) in [6.45, 7) is 0. The van der Waals surface area contributed by atoms with Gasteiger partial charge in [0.15, 0.2) is 16.8 Å². The highest BCUT2D eigenvalue weighted by molar-refractivity contribution is 7.99. The van der Waals surface area contributed by atoms with Crippen molar-refractivity contribution in [3.63, 3.8) is 0 Å². The molecule has 0 atom stereocenters. The normalized spacial score (nSPS) is 11.3. The molecule has 0 aliphatic heterocycles. The molecule has 0 bridgehead atoms. The zero-order valence-corrected chi connectivity index (χ0v) is 12.0. The third-order valence-electron chi connectivity index (χ3n) is 2.46. The van der Waals surface area contributed by atoms with Crippen molar-refractivity contribution in [1.82, 2.24) is 9.97 Å². The van der Waals surface area contributed by atoms with Gasteiger partial charge in [-0.15, -0.1) is 0 Å². The molecule has 1 heterocycles. The number of amides is 1. The number of benzene rings is 1. The Morgan fingerprint density at radius 2 is 1.91 bits per heavy atom. The van der Waals surface area contributed by atoms with Crippen LogP contribution in [0.2, 0.25) is 0 Å². The highest BCUT2D eigenvalue weighted by Crippen LogP contribution is 2.28. The fraction of sp³-hybridized carbons (Fsp3) is 0.154. The van der Waals surface area contributed by atoms with Gasteiger partial charge in [0.2, 0.25) is 5.91 Å². The molecule has 0 unspecified atom stereocenters. The summed E-state index contributed by atoms with van der Waals surface area (Å²) in [6, 6.07) is 3.50. The molecule has 0 spiro atoms. The van der Waals surface area contributed by atoms with Crippen molar-refractivity contribution < 1.29 is 26.7 Å². The summed E-state index contributed by atoms with van der Waals surface area (Å²) in [5, 5.41) is 2.06. The number of hydrogen-bond donors (Lipinski definition) is 1. The fourth-order valence-electron chi connectivity index (χ4n) is 1.47. The van der Waals surface area contributed by atoms with E-state index in [1.165, 1.54) is 0 Å². The van der Waals surface area contributed by atoms with Crippen molar-refractivity contribution in [2.24, 2.45) is 0 Å². The summed E-state index contributed by atoms with van der Waals surface area (Å²) in [4.78, 5) is 18.5. The summed E-state index contributed by atoms with van der Waals surface area (Å²) in [5.41, 5.74) is -1.09. The number of thioether (sulfide) groups is 1. The minimum absolute atomic E-state index is 0.0273. The molecule has 122 valence electrons. The summed E-state index contributed by atoms with van der Waals surface area (Å²) in [6.07, 6.45) is -3.67. The lowest BCUT2D eigenvalue weighted by Gasteiger charge is -2.07. The molecule has 1 N–H and O–H groups in total. The quantitative estimate of drug-likeness (QED) is 0.521. The standard InChI is InChI=1S/C13H8F5N3OS/c14-8-2-1-7(5-9(8)15)20-11(22)6-23-12-19-4-3-10(21-12)13(16,17)18/h1-5H,6H2,(H,20,22). The van der Waals surface area contributed by atoms with E-state index in [1.54, 1.807) is 0 Å². The number of carbonyl (C=O) groups excluding carboxylic acids is 1. The van der Waals surface area contributed by atoms with Crippen molar-refractivity contribution in [1.29, 1.82) is 0 Å². The minimum atomic E-state index is -4.61. The Balaban J connectivity index is 1.95. The smallest absolute Gasteiger partial charge is 0.325 e. The van der Waals surface area contributed by atoms with E-state index in [4.69, 9.17) is 0 Å². The Morgan fingerprint density at radius 1 is 1.17 bits per heavy atom. The van der Waals surface area contributed by atoms with Crippen LogP contribution in [0.5, 0.6) is 0 Å². The lowest BCUT2D eigenvalue weighted by Crippen LogP contribution is -2.15. The first-order chi connectivity index (χ1) is 10.8. The molecule has 0 radical (unpaired) electrons. The molecule has 23 heavy (non-hydrogen) atoms. The van der Waals surface area contributed by atoms with Crippen molar-refractivity contribution in [3.8, 4) is 0 Å². The van der Waals surface area contributed by atoms with Gasteiger partial charge in [0.1, 0.15) is 5.69 Å². The van der Waals surface area contributed by atoms with Crippen LogP contribution >= 0.6 is 11.8 Å². The molecule has 1 amide bonds. The molecule has 1 aromatic carbocycles. The van der Waals surface area contributed by atoms with E-state index >= 15 is 0 Å². The third kappa shape index (κ3) is 4.88. The van der Waals surface area contributed by atoms with E-state index in [0.29, 0.717) is 17.8 Å². The molecule has 0 fully saturated rings. The van der Waals surface area contributed by atoms with Crippen LogP contribution in [-0.2, 0) is 11.0 Å². The Labute approximate surface area is 131 Å². The highest BCUT2D eigenvalue weighted by atomic mass is 32.2. The molecule has 2 aromatic rings. The molecule has 0 aliphatic rings. The fourth-order valence-corrected chi connectivity index (χ4v) is 2.10. The predicted octanol–water partition coefficient (Wildman–Crippen LogP) is 3.50. The second-order valence-corrected chi connectivity index (χ2v) is 5.13. The molecule has 0 aliphatic carbocycles. The zero-order valence-electron chi connectivity index (χ0n) is 11.2. The maximum atomic E-state index is 13.0. The van der Waals surface area contributed by atoms with Crippen molar-refractivity contribution in [3.05, 3.63) is 47.8 Å². The van der Waals surface area contributed by atoms with Crippen LogP contribution in [-0.4, -0.2) is 21.6 Å². The number of alkyl halides is 3. The van der Waals surface area contributed by atoms with Gasteiger partial charge < -0.3 is 5.32 Å². The Kier molecular flexibility index (Phi) is 5.14. The van der Waals surface area contributed by atoms with E-state index in [9.17, 15) is 26.7 Å². The van der Waals surface area contributed by atoms with E-state index in [1.807, 2.05) is 0 Å². The number of rotatable bonds is 4. The van der Waals surface area contributed by atoms with E-state index in [-0.39, 0.29) is 16.6 Å². The molecule has 0 saturated heterocycles. The average molecular weight is 349 g/mol. The van der Waals surface area contributed by atoms with Gasteiger partial charge in [-0.3, -0.25) is 4.79 Å². The Morgan fingerprint density at radius 3 is 2.57 bits per heavy atom. The largest absolute Gasteiger partial charge is 0.433 e. The van der Waals surface area contributed by atoms with Gasteiger partial charge >= 0.3 is 6.18 Å². The van der Waals surface area contributed by atoms with Gasteiger partial charge in [0, 0.05) is 18.0 Å². The SMILES string of the molecule is O=C(CSc1nccc(C(F)(F)F)n1)Nc1ccc(F)c(F)c1. The molecule has 4 nitrogen and oxygen atoms in total. The van der Waals surface area contributed by atoms with Crippen LogP contribution in [0.15, 0.2) is 35.6 Å². The number of carbonyl (C=O) groups is 1. The highest BCUT2D eigenvalue weighted by Gasteiger charge is 2.32. The lowest BCUT2D eigenvalue weighted by molar-refractivity contribution is -0.141. The molecule has 10 heteroatoms. The molecular weight excluding hydrogens is 341 g/mol. The molecule has 0 saturated carbocycles. The van der Waals surface area contributed by atoms with Gasteiger partial charge in [-0.1, -0.05) is 11.8 Å². The van der Waals surface area contributed by atoms with Gasteiger partial charge in [-0.25, -0.2) is 18.7 Å². The molecular formula is C13H8F5N3OS. The van der Waals surface area contributed by atoms with Crippen molar-refractivity contribution >= 4 is 23.4 Å². The van der Waals surface area contributed by atoms with Crippen molar-refractivity contribution in [2.45, 2.75) is 11.3 Å². The summed E-state index contributed by atoms with van der Waals surface area (Å²) >= 11 is 0.683. The van der Waals surface area contributed by atoms with Gasteiger partial charge in [-0.05, 0) is 18.2 Å². The first kappa shape index (κ1) is 17.1. The Hall–Kier alpha value is -2.23. The predicted molar refractivity (Wildman–Crippen MR) is 72.7 cm³/mol. The van der Waals surface area contributed by atoms with Gasteiger partial charge in [-0.2, -0.15) is 13.2 Å². The second-order valence-electron chi connectivity index (χ2n) is 4.19. The Bertz CT molecular complexity index is 723. The van der Waals surface area contributed by atoms with E-state index in [0.717, 1.165) is 24.4 Å². The van der Waals surface area contributed by atoms with Crippen LogP contribution < -0.4 is 5.32 Å². The summed E-state index contributed by atoms with van der Waals surface area (Å²) in [7, 11) is 0. The van der Waals surface area contributed by atoms with Crippen LogP contribution in [0.1, 0.15) is 5.69 Å². The maximum Gasteiger partial charge on any atom is 0.433 e. The van der Waals surface area contributed by atoms with Gasteiger partial charge in [0.25, 0.3) is 0 Å². The van der Waals surface area contributed by atoms with E-state index < -0.39 is 29.4 Å². The molecule has 1 aromatic heterocycles. The number of hydrogen-bond acceptors (Lipinski definition) is 4. The monoisotopic (exact) mass is 349 g/mol. The zero-order chi connectivity index (χ0) is 17.0. The first-order valence-electron chi connectivity index (χ1n) is 6.03. The number of nitrogens with zero attached hydrogens (tertiary/aromatic N) is 2. The maximum absolute atomic E-state index is 13.0. The lowest BCUT2D eigenvalue weighted by atomic mass is 10.3. The average Bonchev–Trinajstić information content (AvgIpc) is 2.48. The number of nitrogens with one attached hydrogen (secondary N) is 1. The van der Waals surface area contributed by atoms with Crippen LogP contribution in [0.4, 0.5) is 27.6 Å². The minimum Gasteiger partial charge on any atom is -0.325 e. The molecule has 2 rings (SSSR count). The van der Waals surface area contributed by atoms with Gasteiger partial charge in [0.05, 0.1) is 5.75 Å². The first-order valence-corrected chi connectivity index (χ1v) is 7.02. The summed E-state index contributed by atoms with van der Waals surface area (Å²) in [5.74, 6) is -3.10. The number of anilines is 1. The topological polar surface area (TPSA) is 54.9 Å². The van der Waals surface area contributed by atoms with Crippen molar-refractivity contribution in [2.75, 3.05) is 11.1 Å². The van der Waals surface area contributed by atoms with Crippen LogP contribution in [0.25, 0.3) is 0 Å². The van der Waals surface area contributed by atoms with Crippen LogP contribution in [0, 0.1) is 11.6 Å². The summed E-state index contributed by atoms with van der Waals surface area (Å²) < 4.78 is 63.2. The van der Waals surface area contributed by atoms with Crippen LogP contribution in [0.3, 0.4) is 0 Å². The second kappa shape index (κ2) is 6.90. The number of halogens is 5.